The zero-order chi connectivity index (χ0) is 9.68. The Morgan fingerprint density at radius 2 is 2.23 bits per heavy atom. The van der Waals surface area contributed by atoms with Gasteiger partial charge in [-0.05, 0) is 24.4 Å². The van der Waals surface area contributed by atoms with Crippen molar-refractivity contribution in [3.63, 3.8) is 0 Å². The van der Waals surface area contributed by atoms with Crippen molar-refractivity contribution < 1.29 is 5.11 Å². The summed E-state index contributed by atoms with van der Waals surface area (Å²) in [4.78, 5) is 0. The first-order valence-electron chi connectivity index (χ1n) is 3.93. The molecular formula is C10H11NOS. The number of anilines is 1. The highest BCUT2D eigenvalue weighted by molar-refractivity contribution is 7.80. The SMILES string of the molecule is C=CCNc1ccccc1C(O)=S. The zero-order valence-electron chi connectivity index (χ0n) is 7.16. The summed E-state index contributed by atoms with van der Waals surface area (Å²) >= 11 is 4.69. The molecule has 0 fully saturated rings. The number of aliphatic hydroxyl groups is 1. The molecule has 0 radical (unpaired) electrons. The van der Waals surface area contributed by atoms with Gasteiger partial charge >= 0.3 is 0 Å². The summed E-state index contributed by atoms with van der Waals surface area (Å²) in [5, 5.41) is 12.2. The third-order valence-corrected chi connectivity index (χ3v) is 1.81. The molecule has 1 aromatic rings. The van der Waals surface area contributed by atoms with E-state index >= 15 is 0 Å². The van der Waals surface area contributed by atoms with Crippen molar-refractivity contribution >= 4 is 23.0 Å². The topological polar surface area (TPSA) is 32.3 Å². The van der Waals surface area contributed by atoms with Crippen molar-refractivity contribution in [1.82, 2.24) is 0 Å². The Morgan fingerprint density at radius 1 is 1.54 bits per heavy atom. The number of hydrogen-bond donors (Lipinski definition) is 2. The van der Waals surface area contributed by atoms with Crippen molar-refractivity contribution in [3.05, 3.63) is 42.5 Å². The van der Waals surface area contributed by atoms with Gasteiger partial charge in [0.25, 0.3) is 0 Å². The lowest BCUT2D eigenvalue weighted by molar-refractivity contribution is 0.571. The van der Waals surface area contributed by atoms with Crippen molar-refractivity contribution in [2.45, 2.75) is 0 Å². The molecule has 13 heavy (non-hydrogen) atoms. The molecule has 0 amide bonds. The average molecular weight is 193 g/mol. The van der Waals surface area contributed by atoms with Crippen LogP contribution in [0.15, 0.2) is 36.9 Å². The van der Waals surface area contributed by atoms with E-state index in [4.69, 9.17) is 5.11 Å². The molecule has 2 nitrogen and oxygen atoms in total. The first kappa shape index (κ1) is 9.74. The second-order valence-corrected chi connectivity index (χ2v) is 2.91. The van der Waals surface area contributed by atoms with E-state index in [1.165, 1.54) is 0 Å². The van der Waals surface area contributed by atoms with Crippen LogP contribution in [0.1, 0.15) is 5.56 Å². The van der Waals surface area contributed by atoms with Crippen LogP contribution in [0.5, 0.6) is 0 Å². The third-order valence-electron chi connectivity index (χ3n) is 1.59. The maximum atomic E-state index is 9.17. The third kappa shape index (κ3) is 2.56. The van der Waals surface area contributed by atoms with Gasteiger partial charge in [-0.3, -0.25) is 0 Å². The van der Waals surface area contributed by atoms with E-state index in [0.29, 0.717) is 12.1 Å². The van der Waals surface area contributed by atoms with Crippen molar-refractivity contribution in [2.24, 2.45) is 0 Å². The number of aliphatic hydroxyl groups excluding tert-OH is 1. The number of thiocarbonyl (C=S) groups is 1. The van der Waals surface area contributed by atoms with E-state index in [2.05, 4.69) is 24.1 Å². The molecule has 0 aliphatic heterocycles. The lowest BCUT2D eigenvalue weighted by atomic mass is 10.2. The molecule has 0 aliphatic carbocycles. The lowest BCUT2D eigenvalue weighted by Crippen LogP contribution is -2.04. The van der Waals surface area contributed by atoms with E-state index in [1.807, 2.05) is 18.2 Å². The van der Waals surface area contributed by atoms with Crippen molar-refractivity contribution in [2.75, 3.05) is 11.9 Å². The van der Waals surface area contributed by atoms with Crippen LogP contribution in [0.25, 0.3) is 0 Å². The minimum absolute atomic E-state index is 0.0906. The van der Waals surface area contributed by atoms with Crippen molar-refractivity contribution in [3.8, 4) is 0 Å². The fraction of sp³-hybridized carbons (Fsp3) is 0.100. The summed E-state index contributed by atoms with van der Waals surface area (Å²) in [5.74, 6) is 0. The highest BCUT2D eigenvalue weighted by Gasteiger charge is 2.03. The van der Waals surface area contributed by atoms with Gasteiger partial charge in [0.1, 0.15) is 0 Å². The number of nitrogens with one attached hydrogen (secondary N) is 1. The predicted octanol–water partition coefficient (Wildman–Crippen LogP) is 2.52. The normalized spacial score (nSPS) is 9.23. The van der Waals surface area contributed by atoms with Gasteiger partial charge in [-0.25, -0.2) is 0 Å². The smallest absolute Gasteiger partial charge is 0.190 e. The molecule has 0 unspecified atom stereocenters. The molecular weight excluding hydrogens is 182 g/mol. The maximum Gasteiger partial charge on any atom is 0.190 e. The van der Waals surface area contributed by atoms with Crippen LogP contribution < -0.4 is 5.32 Å². The van der Waals surface area contributed by atoms with Gasteiger partial charge in [-0.15, -0.1) is 6.58 Å². The van der Waals surface area contributed by atoms with Gasteiger partial charge < -0.3 is 10.4 Å². The Balaban J connectivity index is 2.90. The summed E-state index contributed by atoms with van der Waals surface area (Å²) < 4.78 is 0. The van der Waals surface area contributed by atoms with E-state index in [-0.39, 0.29) is 5.05 Å². The Bertz CT molecular complexity index is 322. The van der Waals surface area contributed by atoms with Gasteiger partial charge in [-0.1, -0.05) is 18.2 Å². The minimum Gasteiger partial charge on any atom is -0.498 e. The van der Waals surface area contributed by atoms with Crippen LogP contribution in [-0.2, 0) is 0 Å². The molecule has 3 heteroatoms. The molecule has 1 aromatic carbocycles. The molecule has 0 aliphatic rings. The first-order valence-corrected chi connectivity index (χ1v) is 4.33. The van der Waals surface area contributed by atoms with Gasteiger partial charge in [0.05, 0.1) is 5.56 Å². The largest absolute Gasteiger partial charge is 0.498 e. The highest BCUT2D eigenvalue weighted by Crippen LogP contribution is 2.14. The molecule has 68 valence electrons. The van der Waals surface area contributed by atoms with Gasteiger partial charge in [0.2, 0.25) is 0 Å². The molecule has 0 heterocycles. The van der Waals surface area contributed by atoms with Crippen LogP contribution >= 0.6 is 12.2 Å². The zero-order valence-corrected chi connectivity index (χ0v) is 7.97. The Kier molecular flexibility index (Phi) is 3.46. The van der Waals surface area contributed by atoms with E-state index in [0.717, 1.165) is 5.69 Å². The lowest BCUT2D eigenvalue weighted by Gasteiger charge is -2.07. The maximum absolute atomic E-state index is 9.17. The number of hydrogen-bond acceptors (Lipinski definition) is 2. The number of rotatable bonds is 4. The van der Waals surface area contributed by atoms with E-state index < -0.39 is 0 Å². The second-order valence-electron chi connectivity index (χ2n) is 2.52. The summed E-state index contributed by atoms with van der Waals surface area (Å²) in [5.41, 5.74) is 1.48. The van der Waals surface area contributed by atoms with Crippen molar-refractivity contribution in [1.29, 1.82) is 0 Å². The summed E-state index contributed by atoms with van der Waals surface area (Å²) in [6.07, 6.45) is 1.75. The van der Waals surface area contributed by atoms with Crippen LogP contribution in [0.3, 0.4) is 0 Å². The summed E-state index contributed by atoms with van der Waals surface area (Å²) in [7, 11) is 0. The molecule has 0 saturated carbocycles. The quantitative estimate of drug-likeness (QED) is 0.569. The fourth-order valence-corrected chi connectivity index (χ4v) is 1.18. The molecule has 0 bridgehead atoms. The Morgan fingerprint density at radius 3 is 2.85 bits per heavy atom. The monoisotopic (exact) mass is 193 g/mol. The number of benzene rings is 1. The van der Waals surface area contributed by atoms with Crippen LogP contribution in [-0.4, -0.2) is 16.7 Å². The molecule has 0 aromatic heterocycles. The Hall–Kier alpha value is -1.35. The molecule has 0 spiro atoms. The minimum atomic E-state index is -0.0906. The summed E-state index contributed by atoms with van der Waals surface area (Å²) in [6.45, 7) is 4.24. The highest BCUT2D eigenvalue weighted by atomic mass is 32.1. The summed E-state index contributed by atoms with van der Waals surface area (Å²) in [6, 6.07) is 7.35. The van der Waals surface area contributed by atoms with Crippen LogP contribution in [0, 0.1) is 0 Å². The Labute approximate surface area is 82.9 Å². The van der Waals surface area contributed by atoms with Crippen LogP contribution in [0.2, 0.25) is 0 Å². The molecule has 0 atom stereocenters. The molecule has 2 N–H and O–H groups in total. The van der Waals surface area contributed by atoms with Gasteiger partial charge in [0, 0.05) is 12.2 Å². The van der Waals surface area contributed by atoms with E-state index in [1.54, 1.807) is 12.1 Å². The molecule has 0 saturated heterocycles. The van der Waals surface area contributed by atoms with E-state index in [9.17, 15) is 0 Å². The first-order chi connectivity index (χ1) is 6.25. The van der Waals surface area contributed by atoms with Gasteiger partial charge in [-0.2, -0.15) is 0 Å². The van der Waals surface area contributed by atoms with Gasteiger partial charge in [0.15, 0.2) is 5.05 Å². The van der Waals surface area contributed by atoms with Crippen LogP contribution in [0.4, 0.5) is 5.69 Å². The average Bonchev–Trinajstić information content (AvgIpc) is 2.15. The second kappa shape index (κ2) is 4.62. The molecule has 1 rings (SSSR count). The fourth-order valence-electron chi connectivity index (χ4n) is 1.01. The predicted molar refractivity (Wildman–Crippen MR) is 59.5 cm³/mol. The standard InChI is InChI=1S/C10H11NOS/c1-2-7-11-9-6-4-3-5-8(9)10(12)13/h2-6,11H,1,7H2,(H,12,13). The number of para-hydroxylation sites is 1.